The molecule has 0 aliphatic heterocycles. The number of hydrogen-bond acceptors (Lipinski definition) is 7. The molecule has 0 aromatic rings. The maximum Gasteiger partial charge on any atom is 0.306 e. The lowest BCUT2D eigenvalue weighted by Gasteiger charge is -2.28. The van der Waals surface area contributed by atoms with Crippen LogP contribution in [-0.2, 0) is 27.9 Å². The Kier molecular flexibility index (Phi) is 50.1. The molecule has 0 aromatic heterocycles. The third kappa shape index (κ3) is 55.5. The Morgan fingerprint density at radius 3 is 1.22 bits per heavy atom. The fourth-order valence-corrected chi connectivity index (χ4v) is 8.99. The van der Waals surface area contributed by atoms with Crippen molar-refractivity contribution in [3.63, 3.8) is 0 Å². The Hall–Kier alpha value is -1.28. The maximum absolute atomic E-state index is 12.8. The lowest BCUT2D eigenvalue weighted by Crippen LogP contribution is -2.37. The molecule has 0 rings (SSSR count). The molecule has 0 amide bonds. The molecule has 0 bridgehead atoms. The van der Waals surface area contributed by atoms with Gasteiger partial charge >= 0.3 is 5.97 Å². The molecule has 2 atom stereocenters. The van der Waals surface area contributed by atoms with Crippen molar-refractivity contribution in [1.82, 2.24) is 0 Å². The van der Waals surface area contributed by atoms with Gasteiger partial charge in [0.1, 0.15) is 19.3 Å². The van der Waals surface area contributed by atoms with Crippen LogP contribution in [0.1, 0.15) is 271 Å². The number of quaternary nitrogens is 1. The van der Waals surface area contributed by atoms with Gasteiger partial charge in [-0.2, -0.15) is 0 Å². The Labute approximate surface area is 416 Å². The van der Waals surface area contributed by atoms with Crippen LogP contribution in [-0.4, -0.2) is 70.7 Å². The fourth-order valence-electron chi connectivity index (χ4n) is 8.26. The monoisotopic (exact) mass is 966 g/mol. The van der Waals surface area contributed by atoms with Gasteiger partial charge in [-0.15, -0.1) is 0 Å². The van der Waals surface area contributed by atoms with Gasteiger partial charge in [-0.1, -0.05) is 249 Å². The minimum atomic E-state index is -4.53. The molecular weight excluding hydrogens is 854 g/mol. The quantitative estimate of drug-likeness (QED) is 0.0197. The van der Waals surface area contributed by atoms with Crippen molar-refractivity contribution in [2.24, 2.45) is 0 Å². The molecule has 0 aliphatic carbocycles. The number of rotatable bonds is 54. The van der Waals surface area contributed by atoms with Crippen LogP contribution in [0.2, 0.25) is 0 Å². The van der Waals surface area contributed by atoms with E-state index in [-0.39, 0.29) is 25.8 Å². The van der Waals surface area contributed by atoms with Crippen molar-refractivity contribution in [2.45, 2.75) is 277 Å². The van der Waals surface area contributed by atoms with Gasteiger partial charge in [0.2, 0.25) is 0 Å². The molecule has 0 heterocycles. The van der Waals surface area contributed by atoms with Crippen LogP contribution < -0.4 is 4.89 Å². The average molecular weight is 967 g/mol. The van der Waals surface area contributed by atoms with Gasteiger partial charge in [0.25, 0.3) is 7.82 Å². The highest BCUT2D eigenvalue weighted by atomic mass is 31.2. The van der Waals surface area contributed by atoms with Crippen molar-refractivity contribution in [3.05, 3.63) is 36.5 Å². The molecular formula is C58H112NO7P. The first-order chi connectivity index (χ1) is 32.6. The zero-order valence-electron chi connectivity index (χ0n) is 45.1. The molecule has 0 fully saturated rings. The Balaban J connectivity index is 4.08. The summed E-state index contributed by atoms with van der Waals surface area (Å²) in [5.41, 5.74) is 0. The number of phosphoric acid groups is 1. The summed E-state index contributed by atoms with van der Waals surface area (Å²) in [6.07, 6.45) is 63.2. The van der Waals surface area contributed by atoms with Crippen LogP contribution in [0, 0.1) is 0 Å². The van der Waals surface area contributed by atoms with Crippen LogP contribution in [0.4, 0.5) is 0 Å². The highest BCUT2D eigenvalue weighted by Gasteiger charge is 2.20. The lowest BCUT2D eigenvalue weighted by molar-refractivity contribution is -0.870. The summed E-state index contributed by atoms with van der Waals surface area (Å²) in [4.78, 5) is 25.3. The first kappa shape index (κ1) is 65.7. The molecule has 0 saturated heterocycles. The summed E-state index contributed by atoms with van der Waals surface area (Å²) in [7, 11) is 1.36. The van der Waals surface area contributed by atoms with Gasteiger partial charge in [-0.05, 0) is 51.4 Å². The average Bonchev–Trinajstić information content (AvgIpc) is 3.29. The lowest BCUT2D eigenvalue weighted by atomic mass is 10.0. The fraction of sp³-hybridized carbons (Fsp3) is 0.879. The second kappa shape index (κ2) is 51.1. The molecule has 0 radical (unpaired) electrons. The van der Waals surface area contributed by atoms with Gasteiger partial charge in [0.05, 0.1) is 34.4 Å². The standard InChI is InChI=1S/C58H112NO7P/c1-6-8-10-12-14-16-18-20-22-24-26-28-30-31-33-35-37-39-41-43-45-47-49-51-58(60)66-57(56-65-67(61,62)64-54-52-59(3,4)5)55-63-53-50-48-46-44-42-40-38-36-34-32-29-27-25-23-21-19-17-15-13-11-9-7-2/h18,20,24,26,30-31,57H,6-17,19,21-23,25,27-29,32-56H2,1-5H3/b20-18-,26-24-,31-30-. The summed E-state index contributed by atoms with van der Waals surface area (Å²) >= 11 is 0. The van der Waals surface area contributed by atoms with E-state index in [1.807, 2.05) is 21.1 Å². The molecule has 8 nitrogen and oxygen atoms in total. The highest BCUT2D eigenvalue weighted by molar-refractivity contribution is 7.45. The van der Waals surface area contributed by atoms with E-state index >= 15 is 0 Å². The number of allylic oxidation sites excluding steroid dienone is 6. The highest BCUT2D eigenvalue weighted by Crippen LogP contribution is 2.38. The van der Waals surface area contributed by atoms with E-state index < -0.39 is 13.9 Å². The zero-order chi connectivity index (χ0) is 49.0. The van der Waals surface area contributed by atoms with E-state index in [1.165, 1.54) is 199 Å². The number of nitrogens with zero attached hydrogens (tertiary/aromatic N) is 1. The summed E-state index contributed by atoms with van der Waals surface area (Å²) < 4.78 is 34.9. The molecule has 0 saturated carbocycles. The van der Waals surface area contributed by atoms with Gasteiger partial charge in [-0.3, -0.25) is 9.36 Å². The predicted molar refractivity (Wildman–Crippen MR) is 287 cm³/mol. The van der Waals surface area contributed by atoms with E-state index in [9.17, 15) is 14.3 Å². The van der Waals surface area contributed by atoms with Crippen molar-refractivity contribution in [3.8, 4) is 0 Å². The topological polar surface area (TPSA) is 94.1 Å². The Morgan fingerprint density at radius 2 is 0.821 bits per heavy atom. The van der Waals surface area contributed by atoms with Gasteiger partial charge < -0.3 is 27.9 Å². The SMILES string of the molecule is CCCCCCC/C=C\C/C=C\C/C=C\CCCCCCCCCCC(=O)OC(COCCCCCCCCCCCCCCCCCCCCCCCC)COP(=O)([O-])OCC[N+](C)(C)C. The Bertz CT molecular complexity index is 1170. The molecule has 2 unspecified atom stereocenters. The van der Waals surface area contributed by atoms with Gasteiger partial charge in [0.15, 0.2) is 0 Å². The minimum Gasteiger partial charge on any atom is -0.756 e. The van der Waals surface area contributed by atoms with Crippen molar-refractivity contribution >= 4 is 13.8 Å². The molecule has 67 heavy (non-hydrogen) atoms. The van der Waals surface area contributed by atoms with Crippen LogP contribution >= 0.6 is 7.82 Å². The summed E-state index contributed by atoms with van der Waals surface area (Å²) in [6, 6.07) is 0. The number of ether oxygens (including phenoxy) is 2. The first-order valence-corrected chi connectivity index (χ1v) is 30.2. The second-order valence-corrected chi connectivity index (χ2v) is 22.1. The van der Waals surface area contributed by atoms with Crippen LogP contribution in [0.5, 0.6) is 0 Å². The van der Waals surface area contributed by atoms with Crippen LogP contribution in [0.3, 0.4) is 0 Å². The molecule has 0 N–H and O–H groups in total. The smallest absolute Gasteiger partial charge is 0.306 e. The summed E-state index contributed by atoms with van der Waals surface area (Å²) in [5, 5.41) is 0. The van der Waals surface area contributed by atoms with E-state index in [0.29, 0.717) is 24.1 Å². The largest absolute Gasteiger partial charge is 0.756 e. The van der Waals surface area contributed by atoms with Crippen molar-refractivity contribution in [1.29, 1.82) is 0 Å². The Morgan fingerprint density at radius 1 is 0.463 bits per heavy atom. The van der Waals surface area contributed by atoms with E-state index in [1.54, 1.807) is 0 Å². The second-order valence-electron chi connectivity index (χ2n) is 20.7. The van der Waals surface area contributed by atoms with Gasteiger partial charge in [0, 0.05) is 13.0 Å². The van der Waals surface area contributed by atoms with E-state index in [2.05, 4.69) is 50.3 Å². The number of phosphoric ester groups is 1. The number of likely N-dealkylation sites (N-methyl/N-ethyl adjacent to an activating group) is 1. The summed E-state index contributed by atoms with van der Waals surface area (Å²) in [6.45, 7) is 5.45. The number of esters is 1. The predicted octanol–water partition coefficient (Wildman–Crippen LogP) is 17.4. The normalized spacial score (nSPS) is 13.7. The molecule has 0 spiro atoms. The third-order valence-electron chi connectivity index (χ3n) is 12.7. The third-order valence-corrected chi connectivity index (χ3v) is 13.7. The zero-order valence-corrected chi connectivity index (χ0v) is 46.0. The van der Waals surface area contributed by atoms with E-state index in [4.69, 9.17) is 18.5 Å². The maximum atomic E-state index is 12.8. The molecule has 396 valence electrons. The van der Waals surface area contributed by atoms with E-state index in [0.717, 1.165) is 51.4 Å². The minimum absolute atomic E-state index is 0.0259. The van der Waals surface area contributed by atoms with Gasteiger partial charge in [-0.25, -0.2) is 0 Å². The first-order valence-electron chi connectivity index (χ1n) is 28.7. The van der Waals surface area contributed by atoms with Crippen LogP contribution in [0.15, 0.2) is 36.5 Å². The van der Waals surface area contributed by atoms with Crippen molar-refractivity contribution in [2.75, 3.05) is 54.1 Å². The molecule has 0 aromatic carbocycles. The number of carbonyl (C=O) groups excluding carboxylic acids is 1. The molecule has 9 heteroatoms. The number of unbranched alkanes of at least 4 members (excludes halogenated alkanes) is 34. The summed E-state index contributed by atoms with van der Waals surface area (Å²) in [5.74, 6) is -0.336. The van der Waals surface area contributed by atoms with Crippen molar-refractivity contribution < 1.29 is 37.3 Å². The number of carbonyl (C=O) groups is 1. The van der Waals surface area contributed by atoms with Crippen LogP contribution in [0.25, 0.3) is 0 Å². The molecule has 0 aliphatic rings. The number of hydrogen-bond donors (Lipinski definition) is 0.